The van der Waals surface area contributed by atoms with Gasteiger partial charge in [-0.3, -0.25) is 9.36 Å². The van der Waals surface area contributed by atoms with Crippen molar-refractivity contribution in [2.24, 2.45) is 0 Å². The number of rotatable bonds is 8. The van der Waals surface area contributed by atoms with Gasteiger partial charge >= 0.3 is 0 Å². The highest BCUT2D eigenvalue weighted by atomic mass is 35.5. The summed E-state index contributed by atoms with van der Waals surface area (Å²) in [5, 5.41) is 9.88. The normalized spacial score (nSPS) is 10.8. The molecule has 0 atom stereocenters. The molecule has 0 bridgehead atoms. The minimum absolute atomic E-state index is 0.0137. The minimum Gasteiger partial charge on any atom is -0.464 e. The maximum atomic E-state index is 12.5. The Morgan fingerprint density at radius 1 is 1.29 bits per heavy atom. The average molecular weight is 417 g/mol. The summed E-state index contributed by atoms with van der Waals surface area (Å²) < 4.78 is 7.47. The molecule has 0 saturated heterocycles. The topological polar surface area (TPSA) is 64.2 Å². The van der Waals surface area contributed by atoms with E-state index in [1.165, 1.54) is 11.8 Å². The highest BCUT2D eigenvalue weighted by Crippen LogP contribution is 2.25. The van der Waals surface area contributed by atoms with E-state index in [-0.39, 0.29) is 11.7 Å². The van der Waals surface area contributed by atoms with Crippen molar-refractivity contribution in [3.05, 3.63) is 65.6 Å². The fourth-order valence-corrected chi connectivity index (χ4v) is 3.64. The van der Waals surface area contributed by atoms with Crippen molar-refractivity contribution in [2.75, 3.05) is 12.8 Å². The van der Waals surface area contributed by atoms with Gasteiger partial charge in [-0.25, -0.2) is 0 Å². The number of aromatic nitrogens is 3. The van der Waals surface area contributed by atoms with Gasteiger partial charge in [-0.15, -0.1) is 16.8 Å². The third-order valence-electron chi connectivity index (χ3n) is 4.07. The fraction of sp³-hybridized carbons (Fsp3) is 0.250. The molecule has 1 aromatic carbocycles. The number of benzene rings is 1. The van der Waals surface area contributed by atoms with Crippen molar-refractivity contribution in [3.63, 3.8) is 0 Å². The molecule has 0 saturated carbocycles. The lowest BCUT2D eigenvalue weighted by Crippen LogP contribution is -2.27. The number of nitrogens with zero attached hydrogens (tertiary/aromatic N) is 4. The number of furan rings is 1. The van der Waals surface area contributed by atoms with Crippen LogP contribution in [0.25, 0.3) is 11.4 Å². The van der Waals surface area contributed by atoms with Gasteiger partial charge in [0.2, 0.25) is 5.91 Å². The molecule has 6 nitrogen and oxygen atoms in total. The van der Waals surface area contributed by atoms with E-state index in [0.29, 0.717) is 29.1 Å². The number of amides is 1. The van der Waals surface area contributed by atoms with Crippen molar-refractivity contribution in [3.8, 4) is 11.4 Å². The molecule has 0 radical (unpaired) electrons. The zero-order valence-corrected chi connectivity index (χ0v) is 17.3. The van der Waals surface area contributed by atoms with Crippen LogP contribution in [0, 0.1) is 6.92 Å². The summed E-state index contributed by atoms with van der Waals surface area (Å²) in [7, 11) is 1.76. The van der Waals surface area contributed by atoms with Gasteiger partial charge in [0.05, 0.1) is 12.3 Å². The molecular weight excluding hydrogens is 396 g/mol. The molecule has 1 amide bonds. The van der Waals surface area contributed by atoms with Gasteiger partial charge in [0.1, 0.15) is 11.5 Å². The van der Waals surface area contributed by atoms with Crippen molar-refractivity contribution in [2.45, 2.75) is 25.2 Å². The minimum atomic E-state index is -0.0137. The number of allylic oxidation sites excluding steroid dienone is 1. The summed E-state index contributed by atoms with van der Waals surface area (Å²) in [6.45, 7) is 6.66. The lowest BCUT2D eigenvalue weighted by molar-refractivity contribution is -0.127. The SMILES string of the molecule is C=CCn1c(SCC(=O)N(C)Cc2ccc(C)o2)nnc1-c1ccc(Cl)cc1. The van der Waals surface area contributed by atoms with Gasteiger partial charge < -0.3 is 9.32 Å². The molecule has 0 aliphatic carbocycles. The monoisotopic (exact) mass is 416 g/mol. The van der Waals surface area contributed by atoms with E-state index in [4.69, 9.17) is 16.0 Å². The number of aryl methyl sites for hydroxylation is 1. The second-order valence-electron chi connectivity index (χ2n) is 6.26. The lowest BCUT2D eigenvalue weighted by atomic mass is 10.2. The van der Waals surface area contributed by atoms with Crippen molar-refractivity contribution >= 4 is 29.3 Å². The van der Waals surface area contributed by atoms with Crippen LogP contribution in [0.3, 0.4) is 0 Å². The van der Waals surface area contributed by atoms with Crippen molar-refractivity contribution in [1.29, 1.82) is 0 Å². The second-order valence-corrected chi connectivity index (χ2v) is 7.64. The molecule has 0 unspecified atom stereocenters. The number of carbonyl (C=O) groups is 1. The molecule has 0 aliphatic rings. The van der Waals surface area contributed by atoms with Gasteiger partial charge in [-0.05, 0) is 43.3 Å². The van der Waals surface area contributed by atoms with Gasteiger partial charge in [-0.2, -0.15) is 0 Å². The third-order valence-corrected chi connectivity index (χ3v) is 5.27. The summed E-state index contributed by atoms with van der Waals surface area (Å²) in [5.41, 5.74) is 0.905. The summed E-state index contributed by atoms with van der Waals surface area (Å²) in [6.07, 6.45) is 1.78. The number of thioether (sulfide) groups is 1. The first kappa shape index (κ1) is 20.2. The van der Waals surface area contributed by atoms with Crippen LogP contribution in [-0.2, 0) is 17.9 Å². The summed E-state index contributed by atoms with van der Waals surface area (Å²) in [5.74, 6) is 2.55. The Balaban J connectivity index is 1.68. The first-order valence-corrected chi connectivity index (χ1v) is 10.1. The molecule has 0 N–H and O–H groups in total. The summed E-state index contributed by atoms with van der Waals surface area (Å²) in [4.78, 5) is 14.1. The third kappa shape index (κ3) is 4.85. The highest BCUT2D eigenvalue weighted by Gasteiger charge is 2.17. The standard InChI is InChI=1S/C20H21ClN4O2S/c1-4-11-25-19(15-6-8-16(21)9-7-15)22-23-20(25)28-13-18(26)24(3)12-17-10-5-14(2)27-17/h4-10H,1,11-13H2,2-3H3. The molecule has 3 rings (SSSR count). The molecule has 28 heavy (non-hydrogen) atoms. The first-order valence-electron chi connectivity index (χ1n) is 8.70. The Morgan fingerprint density at radius 2 is 2.04 bits per heavy atom. The van der Waals surface area contributed by atoms with Gasteiger partial charge in [0, 0.05) is 24.2 Å². The zero-order chi connectivity index (χ0) is 20.1. The van der Waals surface area contributed by atoms with Crippen LogP contribution >= 0.6 is 23.4 Å². The smallest absolute Gasteiger partial charge is 0.233 e. The van der Waals surface area contributed by atoms with Crippen LogP contribution in [0.4, 0.5) is 0 Å². The number of hydrogen-bond acceptors (Lipinski definition) is 5. The van der Waals surface area contributed by atoms with E-state index in [0.717, 1.165) is 17.1 Å². The first-order chi connectivity index (χ1) is 13.5. The summed E-state index contributed by atoms with van der Waals surface area (Å²) in [6, 6.07) is 11.2. The van der Waals surface area contributed by atoms with Crippen molar-refractivity contribution in [1.82, 2.24) is 19.7 Å². The average Bonchev–Trinajstić information content (AvgIpc) is 3.27. The van der Waals surface area contributed by atoms with Crippen LogP contribution in [-0.4, -0.2) is 38.4 Å². The van der Waals surface area contributed by atoms with Crippen LogP contribution in [0.5, 0.6) is 0 Å². The van der Waals surface area contributed by atoms with E-state index in [2.05, 4.69) is 16.8 Å². The Morgan fingerprint density at radius 3 is 2.68 bits per heavy atom. The molecule has 3 aromatic rings. The van der Waals surface area contributed by atoms with E-state index in [9.17, 15) is 4.79 Å². The van der Waals surface area contributed by atoms with E-state index in [1.807, 2.05) is 47.9 Å². The maximum Gasteiger partial charge on any atom is 0.233 e. The predicted molar refractivity (Wildman–Crippen MR) is 111 cm³/mol. The quantitative estimate of drug-likeness (QED) is 0.401. The van der Waals surface area contributed by atoms with Gasteiger partial charge in [0.15, 0.2) is 11.0 Å². The van der Waals surface area contributed by atoms with Crippen LogP contribution in [0.1, 0.15) is 11.5 Å². The van der Waals surface area contributed by atoms with E-state index < -0.39 is 0 Å². The lowest BCUT2D eigenvalue weighted by Gasteiger charge is -2.15. The Hall–Kier alpha value is -2.51. The fourth-order valence-electron chi connectivity index (χ4n) is 2.63. The Labute approximate surface area is 173 Å². The van der Waals surface area contributed by atoms with Crippen LogP contribution in [0.2, 0.25) is 5.02 Å². The number of halogens is 1. The largest absolute Gasteiger partial charge is 0.464 e. The van der Waals surface area contributed by atoms with Crippen LogP contribution < -0.4 is 0 Å². The molecule has 0 fully saturated rings. The molecule has 146 valence electrons. The molecule has 2 heterocycles. The zero-order valence-electron chi connectivity index (χ0n) is 15.8. The van der Waals surface area contributed by atoms with Gasteiger partial charge in [-0.1, -0.05) is 29.4 Å². The Bertz CT molecular complexity index is 965. The highest BCUT2D eigenvalue weighted by molar-refractivity contribution is 7.99. The van der Waals surface area contributed by atoms with E-state index >= 15 is 0 Å². The maximum absolute atomic E-state index is 12.5. The summed E-state index contributed by atoms with van der Waals surface area (Å²) >= 11 is 7.32. The second kappa shape index (κ2) is 9.12. The molecule has 2 aromatic heterocycles. The molecule has 8 heteroatoms. The van der Waals surface area contributed by atoms with Crippen LogP contribution in [0.15, 0.2) is 58.6 Å². The van der Waals surface area contributed by atoms with E-state index in [1.54, 1.807) is 18.0 Å². The molecular formula is C20H21ClN4O2S. The molecule has 0 spiro atoms. The molecule has 0 aliphatic heterocycles. The predicted octanol–water partition coefficient (Wildman–Crippen LogP) is 4.44. The van der Waals surface area contributed by atoms with Gasteiger partial charge in [0.25, 0.3) is 0 Å². The number of hydrogen-bond donors (Lipinski definition) is 0. The number of carbonyl (C=O) groups excluding carboxylic acids is 1. The Kier molecular flexibility index (Phi) is 6.59. The van der Waals surface area contributed by atoms with Crippen molar-refractivity contribution < 1.29 is 9.21 Å².